The molecular weight excluding hydrogens is 540 g/mol. The smallest absolute Gasteiger partial charge is 0.262 e. The summed E-state index contributed by atoms with van der Waals surface area (Å²) in [5.41, 5.74) is 4.61. The van der Waals surface area contributed by atoms with Gasteiger partial charge < -0.3 is 10.1 Å². The summed E-state index contributed by atoms with van der Waals surface area (Å²) in [6.07, 6.45) is 1.72. The SMILES string of the molecule is Cc1ccc(S(=O)(=O)N[C@@H](CC(C)C)C(=O)N/N=C\c2ccc(OCC(=O)Nc3ccc(Cl)cc3)cc2)cc1. The van der Waals surface area contributed by atoms with Crippen molar-refractivity contribution in [2.75, 3.05) is 11.9 Å². The number of nitrogens with zero attached hydrogens (tertiary/aromatic N) is 1. The maximum Gasteiger partial charge on any atom is 0.262 e. The van der Waals surface area contributed by atoms with Crippen LogP contribution in [0.1, 0.15) is 31.4 Å². The predicted octanol–water partition coefficient (Wildman–Crippen LogP) is 4.51. The van der Waals surface area contributed by atoms with Crippen LogP contribution in [0.25, 0.3) is 0 Å². The topological polar surface area (TPSA) is 126 Å². The molecule has 0 fully saturated rings. The third-order valence-electron chi connectivity index (χ3n) is 5.42. The van der Waals surface area contributed by atoms with Crippen molar-refractivity contribution in [2.24, 2.45) is 11.0 Å². The fourth-order valence-corrected chi connectivity index (χ4v) is 4.76. The largest absolute Gasteiger partial charge is 0.484 e. The number of rotatable bonds is 12. The lowest BCUT2D eigenvalue weighted by atomic mass is 10.0. The fourth-order valence-electron chi connectivity index (χ4n) is 3.43. The first-order valence-corrected chi connectivity index (χ1v) is 14.1. The zero-order chi connectivity index (χ0) is 28.4. The number of benzene rings is 3. The number of hydrogen-bond donors (Lipinski definition) is 3. The van der Waals surface area contributed by atoms with Crippen molar-refractivity contribution >= 4 is 45.3 Å². The quantitative estimate of drug-likeness (QED) is 0.218. The zero-order valence-electron chi connectivity index (χ0n) is 21.8. The van der Waals surface area contributed by atoms with Crippen molar-refractivity contribution in [3.05, 3.63) is 88.9 Å². The van der Waals surface area contributed by atoms with E-state index >= 15 is 0 Å². The normalized spacial score (nSPS) is 12.3. The van der Waals surface area contributed by atoms with Crippen LogP contribution < -0.4 is 20.2 Å². The maximum atomic E-state index is 12.8. The van der Waals surface area contributed by atoms with E-state index in [4.69, 9.17) is 16.3 Å². The van der Waals surface area contributed by atoms with Gasteiger partial charge in [0.05, 0.1) is 11.1 Å². The summed E-state index contributed by atoms with van der Waals surface area (Å²) in [6, 6.07) is 18.9. The monoisotopic (exact) mass is 570 g/mol. The molecule has 0 saturated carbocycles. The molecule has 2 amide bonds. The molecule has 0 bridgehead atoms. The summed E-state index contributed by atoms with van der Waals surface area (Å²) in [6.45, 7) is 5.48. The molecule has 0 unspecified atom stereocenters. The van der Waals surface area contributed by atoms with Crippen LogP contribution in [0.15, 0.2) is 82.8 Å². The lowest BCUT2D eigenvalue weighted by molar-refractivity contribution is -0.123. The number of sulfonamides is 1. The van der Waals surface area contributed by atoms with Crippen LogP contribution in [0.5, 0.6) is 5.75 Å². The first-order chi connectivity index (χ1) is 18.5. The lowest BCUT2D eigenvalue weighted by Crippen LogP contribution is -2.46. The highest BCUT2D eigenvalue weighted by molar-refractivity contribution is 7.89. The molecule has 0 spiro atoms. The van der Waals surface area contributed by atoms with Crippen molar-refractivity contribution in [1.82, 2.24) is 10.1 Å². The van der Waals surface area contributed by atoms with Gasteiger partial charge in [0, 0.05) is 10.7 Å². The molecule has 11 heteroatoms. The Morgan fingerprint density at radius 2 is 1.62 bits per heavy atom. The van der Waals surface area contributed by atoms with Crippen LogP contribution in [0.4, 0.5) is 5.69 Å². The molecule has 0 aliphatic carbocycles. The Morgan fingerprint density at radius 3 is 2.23 bits per heavy atom. The van der Waals surface area contributed by atoms with Gasteiger partial charge in [-0.2, -0.15) is 9.82 Å². The van der Waals surface area contributed by atoms with Crippen LogP contribution >= 0.6 is 11.6 Å². The van der Waals surface area contributed by atoms with Crippen molar-refractivity contribution in [3.8, 4) is 5.75 Å². The van der Waals surface area contributed by atoms with Crippen LogP contribution in [-0.2, 0) is 19.6 Å². The summed E-state index contributed by atoms with van der Waals surface area (Å²) in [4.78, 5) is 24.9. The number of aryl methyl sites for hydroxylation is 1. The Balaban J connectivity index is 1.53. The molecule has 1 atom stereocenters. The number of halogens is 1. The van der Waals surface area contributed by atoms with Crippen molar-refractivity contribution in [2.45, 2.75) is 38.1 Å². The highest BCUT2D eigenvalue weighted by atomic mass is 35.5. The lowest BCUT2D eigenvalue weighted by Gasteiger charge is -2.19. The number of hydrogen-bond acceptors (Lipinski definition) is 6. The molecule has 9 nitrogen and oxygen atoms in total. The number of carbonyl (C=O) groups is 2. The van der Waals surface area contributed by atoms with E-state index in [0.717, 1.165) is 5.56 Å². The summed E-state index contributed by atoms with van der Waals surface area (Å²) < 4.78 is 33.6. The summed E-state index contributed by atoms with van der Waals surface area (Å²) in [5, 5.41) is 7.25. The van der Waals surface area contributed by atoms with Gasteiger partial charge in [0.15, 0.2) is 6.61 Å². The van der Waals surface area contributed by atoms with Gasteiger partial charge in [0.1, 0.15) is 11.8 Å². The number of ether oxygens (including phenoxy) is 1. The third-order valence-corrected chi connectivity index (χ3v) is 7.16. The van der Waals surface area contributed by atoms with Crippen molar-refractivity contribution in [1.29, 1.82) is 0 Å². The summed E-state index contributed by atoms with van der Waals surface area (Å²) in [7, 11) is -3.89. The molecule has 3 aromatic rings. The minimum Gasteiger partial charge on any atom is -0.484 e. The van der Waals surface area contributed by atoms with E-state index in [2.05, 4.69) is 20.6 Å². The second-order valence-electron chi connectivity index (χ2n) is 9.26. The van der Waals surface area contributed by atoms with Gasteiger partial charge in [-0.25, -0.2) is 13.8 Å². The molecule has 0 aliphatic rings. The van der Waals surface area contributed by atoms with Gasteiger partial charge in [-0.1, -0.05) is 43.1 Å². The van der Waals surface area contributed by atoms with E-state index in [-0.39, 0.29) is 23.3 Å². The number of amides is 2. The average Bonchev–Trinajstić information content (AvgIpc) is 2.89. The van der Waals surface area contributed by atoms with Gasteiger partial charge in [-0.05, 0) is 85.5 Å². The van der Waals surface area contributed by atoms with E-state index in [1.165, 1.54) is 18.3 Å². The minimum absolute atomic E-state index is 0.0614. The van der Waals surface area contributed by atoms with Crippen LogP contribution in [0, 0.1) is 12.8 Å². The molecule has 39 heavy (non-hydrogen) atoms. The van der Waals surface area contributed by atoms with E-state index in [1.54, 1.807) is 60.7 Å². The summed E-state index contributed by atoms with van der Waals surface area (Å²) in [5.74, 6) is -0.349. The molecule has 0 heterocycles. The second-order valence-corrected chi connectivity index (χ2v) is 11.4. The first-order valence-electron chi connectivity index (χ1n) is 12.2. The molecular formula is C28H31ClN4O5S. The number of carbonyl (C=O) groups excluding carboxylic acids is 2. The highest BCUT2D eigenvalue weighted by Crippen LogP contribution is 2.15. The molecule has 206 valence electrons. The molecule has 3 aromatic carbocycles. The van der Waals surface area contributed by atoms with Crippen molar-refractivity contribution in [3.63, 3.8) is 0 Å². The van der Waals surface area contributed by atoms with E-state index in [1.807, 2.05) is 20.8 Å². The highest BCUT2D eigenvalue weighted by Gasteiger charge is 2.26. The summed E-state index contributed by atoms with van der Waals surface area (Å²) >= 11 is 5.84. The molecule has 0 aliphatic heterocycles. The minimum atomic E-state index is -3.89. The number of hydrazone groups is 1. The second kappa shape index (κ2) is 13.9. The van der Waals surface area contributed by atoms with Gasteiger partial charge in [-0.15, -0.1) is 0 Å². The van der Waals surface area contributed by atoms with Gasteiger partial charge in [-0.3, -0.25) is 9.59 Å². The van der Waals surface area contributed by atoms with Gasteiger partial charge in [0.25, 0.3) is 11.8 Å². The molecule has 3 rings (SSSR count). The Morgan fingerprint density at radius 1 is 0.974 bits per heavy atom. The Hall–Kier alpha value is -3.73. The molecule has 0 aromatic heterocycles. The van der Waals surface area contributed by atoms with E-state index in [0.29, 0.717) is 28.4 Å². The number of nitrogens with one attached hydrogen (secondary N) is 3. The third kappa shape index (κ3) is 9.82. The number of anilines is 1. The standard InChI is InChI=1S/C28H31ClN4O5S/c1-19(2)16-26(33-39(36,37)25-14-4-20(3)5-15-25)28(35)32-30-17-21-6-12-24(13-7-21)38-18-27(34)31-23-10-8-22(29)9-11-23/h4-15,17,19,26,33H,16,18H2,1-3H3,(H,31,34)(H,32,35)/b30-17-/t26-/m0/s1. The molecule has 0 saturated heterocycles. The van der Waals surface area contributed by atoms with Gasteiger partial charge in [0.2, 0.25) is 10.0 Å². The van der Waals surface area contributed by atoms with Gasteiger partial charge >= 0.3 is 0 Å². The van der Waals surface area contributed by atoms with Crippen LogP contribution in [-0.4, -0.2) is 39.1 Å². The molecule has 3 N–H and O–H groups in total. The zero-order valence-corrected chi connectivity index (χ0v) is 23.4. The fraction of sp³-hybridized carbons (Fsp3) is 0.250. The van der Waals surface area contributed by atoms with E-state index < -0.39 is 22.0 Å². The van der Waals surface area contributed by atoms with Crippen LogP contribution in [0.3, 0.4) is 0 Å². The Labute approximate surface area is 233 Å². The first kappa shape index (κ1) is 29.8. The Kier molecular flexibility index (Phi) is 10.6. The van der Waals surface area contributed by atoms with Crippen molar-refractivity contribution < 1.29 is 22.7 Å². The predicted molar refractivity (Wildman–Crippen MR) is 152 cm³/mol. The Bertz CT molecular complexity index is 1390. The average molecular weight is 571 g/mol. The maximum absolute atomic E-state index is 12.8. The van der Waals surface area contributed by atoms with E-state index in [9.17, 15) is 18.0 Å². The van der Waals surface area contributed by atoms with Crippen LogP contribution in [0.2, 0.25) is 5.02 Å². The molecule has 0 radical (unpaired) electrons.